The Hall–Kier alpha value is -1.06. The molecule has 4 heteroatoms. The van der Waals surface area contributed by atoms with Crippen LogP contribution in [0.1, 0.15) is 43.2 Å². The summed E-state index contributed by atoms with van der Waals surface area (Å²) in [7, 11) is 0. The highest BCUT2D eigenvalue weighted by Gasteiger charge is 2.15. The third-order valence-electron chi connectivity index (χ3n) is 3.85. The zero-order chi connectivity index (χ0) is 14.5. The predicted molar refractivity (Wildman–Crippen MR) is 84.4 cm³/mol. The van der Waals surface area contributed by atoms with Crippen LogP contribution in [0.2, 0.25) is 5.02 Å². The lowest BCUT2D eigenvalue weighted by Crippen LogP contribution is -2.37. The van der Waals surface area contributed by atoms with Crippen LogP contribution in [0, 0.1) is 13.8 Å². The number of nitrogens with one attached hydrogen (secondary N) is 2. The van der Waals surface area contributed by atoms with Crippen LogP contribution in [0.3, 0.4) is 0 Å². The number of amides is 1. The number of hydrogen-bond acceptors (Lipinski definition) is 2. The lowest BCUT2D eigenvalue weighted by atomic mass is 9.95. The van der Waals surface area contributed by atoms with Crippen molar-refractivity contribution >= 4 is 23.2 Å². The molecule has 0 heterocycles. The van der Waals surface area contributed by atoms with Gasteiger partial charge in [-0.2, -0.15) is 0 Å². The van der Waals surface area contributed by atoms with Gasteiger partial charge >= 0.3 is 0 Å². The molecule has 110 valence electrons. The molecule has 0 bridgehead atoms. The summed E-state index contributed by atoms with van der Waals surface area (Å²) in [5, 5.41) is 6.85. The van der Waals surface area contributed by atoms with Gasteiger partial charge < -0.3 is 10.6 Å². The number of rotatable bonds is 4. The number of aryl methyl sites for hydroxylation is 2. The maximum Gasteiger partial charge on any atom is 0.238 e. The van der Waals surface area contributed by atoms with E-state index in [0.29, 0.717) is 17.6 Å². The minimum absolute atomic E-state index is 0.0237. The first kappa shape index (κ1) is 15.3. The number of carbonyl (C=O) groups excluding carboxylic acids is 1. The summed E-state index contributed by atoms with van der Waals surface area (Å²) < 4.78 is 0. The maximum atomic E-state index is 12.0. The van der Waals surface area contributed by atoms with Crippen LogP contribution in [-0.4, -0.2) is 18.5 Å². The molecule has 0 spiro atoms. The van der Waals surface area contributed by atoms with E-state index in [9.17, 15) is 4.79 Å². The lowest BCUT2D eigenvalue weighted by molar-refractivity contribution is -0.115. The molecule has 1 amide bonds. The quantitative estimate of drug-likeness (QED) is 0.886. The van der Waals surface area contributed by atoms with E-state index in [2.05, 4.69) is 10.6 Å². The number of benzene rings is 1. The molecule has 1 aliphatic rings. The van der Waals surface area contributed by atoms with E-state index in [1.807, 2.05) is 26.0 Å². The second-order valence-corrected chi connectivity index (χ2v) is 6.11. The third-order valence-corrected chi connectivity index (χ3v) is 4.15. The van der Waals surface area contributed by atoms with Crippen LogP contribution in [0.5, 0.6) is 0 Å². The summed E-state index contributed by atoms with van der Waals surface area (Å²) in [6.07, 6.45) is 6.21. The summed E-state index contributed by atoms with van der Waals surface area (Å²) in [6.45, 7) is 4.31. The fourth-order valence-corrected chi connectivity index (χ4v) is 3.17. The minimum atomic E-state index is -0.0237. The van der Waals surface area contributed by atoms with Crippen molar-refractivity contribution in [3.8, 4) is 0 Å². The van der Waals surface area contributed by atoms with Gasteiger partial charge in [0.2, 0.25) is 5.91 Å². The molecule has 1 aromatic carbocycles. The molecule has 1 aromatic rings. The summed E-state index contributed by atoms with van der Waals surface area (Å²) in [5.74, 6) is -0.0237. The SMILES string of the molecule is Cc1cc(C)c(NC(=O)CNC2CCCCC2)c(Cl)c1. The molecule has 0 atom stereocenters. The zero-order valence-corrected chi connectivity index (χ0v) is 13.0. The van der Waals surface area contributed by atoms with Crippen molar-refractivity contribution in [3.05, 3.63) is 28.3 Å². The van der Waals surface area contributed by atoms with Gasteiger partial charge in [0, 0.05) is 6.04 Å². The van der Waals surface area contributed by atoms with Gasteiger partial charge in [-0.1, -0.05) is 36.9 Å². The van der Waals surface area contributed by atoms with E-state index >= 15 is 0 Å². The van der Waals surface area contributed by atoms with Crippen LogP contribution < -0.4 is 10.6 Å². The fourth-order valence-electron chi connectivity index (χ4n) is 2.80. The molecular weight excluding hydrogens is 272 g/mol. The van der Waals surface area contributed by atoms with Crippen LogP contribution >= 0.6 is 11.6 Å². The molecular formula is C16H23ClN2O. The number of hydrogen-bond donors (Lipinski definition) is 2. The van der Waals surface area contributed by atoms with E-state index in [0.717, 1.165) is 16.8 Å². The smallest absolute Gasteiger partial charge is 0.238 e. The van der Waals surface area contributed by atoms with Gasteiger partial charge in [-0.15, -0.1) is 0 Å². The molecule has 0 saturated heterocycles. The molecule has 20 heavy (non-hydrogen) atoms. The highest BCUT2D eigenvalue weighted by atomic mass is 35.5. The molecule has 3 nitrogen and oxygen atoms in total. The molecule has 0 aromatic heterocycles. The van der Waals surface area contributed by atoms with Crippen molar-refractivity contribution in [2.24, 2.45) is 0 Å². The molecule has 2 rings (SSSR count). The molecule has 0 aliphatic heterocycles. The first-order chi connectivity index (χ1) is 9.56. The summed E-state index contributed by atoms with van der Waals surface area (Å²) in [4.78, 5) is 12.0. The van der Waals surface area contributed by atoms with Gasteiger partial charge in [-0.05, 0) is 43.9 Å². The standard InChI is InChI=1S/C16H23ClN2O/c1-11-8-12(2)16(14(17)9-11)19-15(20)10-18-13-6-4-3-5-7-13/h8-9,13,18H,3-7,10H2,1-2H3,(H,19,20). The van der Waals surface area contributed by atoms with E-state index < -0.39 is 0 Å². The Balaban J connectivity index is 1.88. The Morgan fingerprint density at radius 2 is 1.95 bits per heavy atom. The first-order valence-electron chi connectivity index (χ1n) is 7.36. The van der Waals surface area contributed by atoms with Gasteiger partial charge in [0.05, 0.1) is 17.3 Å². The molecule has 0 unspecified atom stereocenters. The Morgan fingerprint density at radius 1 is 1.25 bits per heavy atom. The van der Waals surface area contributed by atoms with Crippen molar-refractivity contribution in [1.29, 1.82) is 0 Å². The van der Waals surface area contributed by atoms with Crippen molar-refractivity contribution in [2.75, 3.05) is 11.9 Å². The highest BCUT2D eigenvalue weighted by Crippen LogP contribution is 2.27. The van der Waals surface area contributed by atoms with E-state index in [-0.39, 0.29) is 5.91 Å². The first-order valence-corrected chi connectivity index (χ1v) is 7.74. The second-order valence-electron chi connectivity index (χ2n) is 5.70. The van der Waals surface area contributed by atoms with Gasteiger partial charge in [0.25, 0.3) is 0 Å². The average molecular weight is 295 g/mol. The van der Waals surface area contributed by atoms with Gasteiger partial charge in [-0.3, -0.25) is 4.79 Å². The summed E-state index contributed by atoms with van der Waals surface area (Å²) >= 11 is 6.19. The molecule has 1 aliphatic carbocycles. The highest BCUT2D eigenvalue weighted by molar-refractivity contribution is 6.34. The monoisotopic (exact) mass is 294 g/mol. The average Bonchev–Trinajstić information content (AvgIpc) is 2.42. The van der Waals surface area contributed by atoms with Crippen LogP contribution in [-0.2, 0) is 4.79 Å². The van der Waals surface area contributed by atoms with E-state index in [1.165, 1.54) is 32.1 Å². The van der Waals surface area contributed by atoms with Gasteiger partial charge in [0.15, 0.2) is 0 Å². The summed E-state index contributed by atoms with van der Waals surface area (Å²) in [6, 6.07) is 4.39. The van der Waals surface area contributed by atoms with Crippen molar-refractivity contribution in [3.63, 3.8) is 0 Å². The zero-order valence-electron chi connectivity index (χ0n) is 12.3. The Kier molecular flexibility index (Phi) is 5.44. The number of anilines is 1. The van der Waals surface area contributed by atoms with E-state index in [1.54, 1.807) is 0 Å². The van der Waals surface area contributed by atoms with Crippen LogP contribution in [0.25, 0.3) is 0 Å². The Labute approximate surface area is 126 Å². The van der Waals surface area contributed by atoms with E-state index in [4.69, 9.17) is 11.6 Å². The second kappa shape index (κ2) is 7.09. The summed E-state index contributed by atoms with van der Waals surface area (Å²) in [5.41, 5.74) is 2.83. The van der Waals surface area contributed by atoms with Gasteiger partial charge in [0.1, 0.15) is 0 Å². The number of halogens is 1. The van der Waals surface area contributed by atoms with Crippen LogP contribution in [0.15, 0.2) is 12.1 Å². The van der Waals surface area contributed by atoms with Crippen LogP contribution in [0.4, 0.5) is 5.69 Å². The van der Waals surface area contributed by atoms with Crippen molar-refractivity contribution in [2.45, 2.75) is 52.0 Å². The van der Waals surface area contributed by atoms with Gasteiger partial charge in [-0.25, -0.2) is 0 Å². The number of carbonyl (C=O) groups is 1. The Morgan fingerprint density at radius 3 is 2.60 bits per heavy atom. The normalized spacial score (nSPS) is 16.1. The molecule has 2 N–H and O–H groups in total. The topological polar surface area (TPSA) is 41.1 Å². The maximum absolute atomic E-state index is 12.0. The largest absolute Gasteiger partial charge is 0.323 e. The third kappa shape index (κ3) is 4.22. The predicted octanol–water partition coefficient (Wildman–Crippen LogP) is 3.82. The minimum Gasteiger partial charge on any atom is -0.323 e. The van der Waals surface area contributed by atoms with Crippen molar-refractivity contribution in [1.82, 2.24) is 5.32 Å². The molecule has 0 radical (unpaired) electrons. The lowest BCUT2D eigenvalue weighted by Gasteiger charge is -2.22. The fraction of sp³-hybridized carbons (Fsp3) is 0.562. The Bertz CT molecular complexity index is 458. The van der Waals surface area contributed by atoms with Crippen molar-refractivity contribution < 1.29 is 4.79 Å². The molecule has 1 saturated carbocycles. The molecule has 1 fully saturated rings.